The minimum absolute atomic E-state index is 0.000509. The zero-order chi connectivity index (χ0) is 41.3. The molecule has 2 bridgehead atoms. The van der Waals surface area contributed by atoms with Crippen molar-refractivity contribution in [1.82, 2.24) is 5.32 Å². The van der Waals surface area contributed by atoms with E-state index in [2.05, 4.69) is 58.7 Å². The maximum atomic E-state index is 14.7. The molecule has 0 spiro atoms. The van der Waals surface area contributed by atoms with Crippen molar-refractivity contribution < 1.29 is 28.5 Å². The van der Waals surface area contributed by atoms with Gasteiger partial charge in [0.15, 0.2) is 23.0 Å². The minimum atomic E-state index is -0.274. The lowest BCUT2D eigenvalue weighted by Crippen LogP contribution is -2.57. The van der Waals surface area contributed by atoms with Crippen LogP contribution in [0.15, 0.2) is 97.1 Å². The van der Waals surface area contributed by atoms with Gasteiger partial charge in [-0.05, 0) is 127 Å². The van der Waals surface area contributed by atoms with E-state index in [4.69, 9.17) is 24.7 Å². The molecule has 5 aromatic rings. The molecule has 5 aliphatic heterocycles. The standard InChI is InChI=1S/C51H50N4O6/c1-58-41-22-35-34(37-14-15-50(37,28-52)46-20-33-11-4-6-13-40(33)55(46)47(35)56)21-43(41)60-25-30-8-7-9-31(18-30)26-61-44-24-38-36(23-42(44)59-2)48(57)54-39-12-5-3-10-32(39)19-45(54)49-16-17-51(38,27-49)53-29-49/h3-13,18,21-24,37,45-46,53H,14-17,19-20,25-29,52H2,1-2H3/t37?,45-,46-,49?,50?,51?/m0/s1. The summed E-state index contributed by atoms with van der Waals surface area (Å²) in [5.41, 5.74) is 16.0. The number of hydrogen-bond acceptors (Lipinski definition) is 8. The van der Waals surface area contributed by atoms with Crippen LogP contribution in [0, 0.1) is 10.8 Å². The van der Waals surface area contributed by atoms with Crippen LogP contribution in [0.3, 0.4) is 0 Å². The zero-order valence-corrected chi connectivity index (χ0v) is 34.7. The molecular formula is C51H50N4O6. The van der Waals surface area contributed by atoms with Gasteiger partial charge in [0, 0.05) is 64.0 Å². The second kappa shape index (κ2) is 13.3. The van der Waals surface area contributed by atoms with Gasteiger partial charge in [0.05, 0.1) is 14.2 Å². The van der Waals surface area contributed by atoms with E-state index in [-0.39, 0.29) is 46.2 Å². The van der Waals surface area contributed by atoms with Crippen molar-refractivity contribution in [2.24, 2.45) is 16.6 Å². The fourth-order valence-corrected chi connectivity index (χ4v) is 12.9. The first kappa shape index (κ1) is 37.0. The van der Waals surface area contributed by atoms with Gasteiger partial charge in [0.1, 0.15) is 13.2 Å². The monoisotopic (exact) mass is 814 g/mol. The maximum absolute atomic E-state index is 14.7. The van der Waals surface area contributed by atoms with Crippen LogP contribution in [0.5, 0.6) is 23.0 Å². The van der Waals surface area contributed by atoms with Crippen molar-refractivity contribution in [3.63, 3.8) is 0 Å². The highest BCUT2D eigenvalue weighted by molar-refractivity contribution is 6.11. The smallest absolute Gasteiger partial charge is 0.259 e. The van der Waals surface area contributed by atoms with Crippen molar-refractivity contribution in [3.8, 4) is 23.0 Å². The van der Waals surface area contributed by atoms with Crippen LogP contribution in [-0.2, 0) is 31.6 Å². The van der Waals surface area contributed by atoms with Crippen LogP contribution in [-0.4, -0.2) is 51.2 Å². The van der Waals surface area contributed by atoms with Crippen molar-refractivity contribution >= 4 is 23.2 Å². The lowest BCUT2D eigenvalue weighted by atomic mass is 9.53. The number of nitrogens with one attached hydrogen (secondary N) is 1. The zero-order valence-electron chi connectivity index (χ0n) is 34.7. The Bertz CT molecular complexity index is 2670. The summed E-state index contributed by atoms with van der Waals surface area (Å²) in [6, 6.07) is 32.9. The predicted molar refractivity (Wildman–Crippen MR) is 232 cm³/mol. The number of para-hydroxylation sites is 2. The quantitative estimate of drug-likeness (QED) is 0.155. The Kier molecular flexibility index (Phi) is 8.08. The molecule has 7 aliphatic rings. The molecule has 0 aromatic heterocycles. The van der Waals surface area contributed by atoms with E-state index in [1.165, 1.54) is 11.1 Å². The van der Waals surface area contributed by atoms with Gasteiger partial charge in [-0.3, -0.25) is 9.59 Å². The fourth-order valence-electron chi connectivity index (χ4n) is 12.9. The molecule has 12 rings (SSSR count). The van der Waals surface area contributed by atoms with E-state index in [9.17, 15) is 9.59 Å². The third-order valence-corrected chi connectivity index (χ3v) is 16.0. The van der Waals surface area contributed by atoms with Crippen LogP contribution in [0.2, 0.25) is 0 Å². The number of carbonyl (C=O) groups excluding carboxylic acids is 2. The molecule has 2 amide bonds. The molecule has 5 aromatic carbocycles. The van der Waals surface area contributed by atoms with Gasteiger partial charge in [0.2, 0.25) is 0 Å². The summed E-state index contributed by atoms with van der Waals surface area (Å²) < 4.78 is 25.0. The molecule has 2 saturated carbocycles. The topological polar surface area (TPSA) is 116 Å². The molecule has 1 saturated heterocycles. The SMILES string of the molecule is COc1cc2c(cc1OCc1cccc(COc3cc4c(cc3OC)C(=O)N3c5ccccc5C[C@H]3C35CCC4(C3)NC5)c1)C1CCC1(CN)[C@@H]1Cc3ccccc3N1C2=O. The number of benzene rings is 5. The first-order chi connectivity index (χ1) is 29.8. The second-order valence-corrected chi connectivity index (χ2v) is 18.6. The van der Waals surface area contributed by atoms with E-state index >= 15 is 0 Å². The number of fused-ring (bicyclic) bond motifs is 11. The Morgan fingerprint density at radius 2 is 1.31 bits per heavy atom. The summed E-state index contributed by atoms with van der Waals surface area (Å²) >= 11 is 0. The van der Waals surface area contributed by atoms with Gasteiger partial charge in [-0.2, -0.15) is 0 Å². The number of piperidine rings is 1. The van der Waals surface area contributed by atoms with E-state index in [1.54, 1.807) is 14.2 Å². The lowest BCUT2D eigenvalue weighted by Gasteiger charge is -2.53. The third kappa shape index (κ3) is 5.15. The summed E-state index contributed by atoms with van der Waals surface area (Å²) in [6.07, 6.45) is 6.72. The van der Waals surface area contributed by atoms with Crippen molar-refractivity contribution in [2.45, 2.75) is 81.7 Å². The molecule has 61 heavy (non-hydrogen) atoms. The van der Waals surface area contributed by atoms with Crippen LogP contribution < -0.4 is 39.8 Å². The van der Waals surface area contributed by atoms with Gasteiger partial charge in [0.25, 0.3) is 11.8 Å². The first-order valence-electron chi connectivity index (χ1n) is 21.8. The fraction of sp³-hybridized carbons (Fsp3) is 0.373. The highest BCUT2D eigenvalue weighted by Gasteiger charge is 2.63. The molecule has 10 heteroatoms. The Labute approximate surface area is 355 Å². The molecule has 4 unspecified atom stereocenters. The van der Waals surface area contributed by atoms with Crippen molar-refractivity contribution in [1.29, 1.82) is 0 Å². The first-order valence-corrected chi connectivity index (χ1v) is 21.8. The van der Waals surface area contributed by atoms with Crippen LogP contribution in [0.4, 0.5) is 11.4 Å². The van der Waals surface area contributed by atoms with Crippen molar-refractivity contribution in [2.75, 3.05) is 37.1 Å². The summed E-state index contributed by atoms with van der Waals surface area (Å²) in [5.74, 6) is 2.48. The van der Waals surface area contributed by atoms with Gasteiger partial charge >= 0.3 is 0 Å². The number of ether oxygens (including phenoxy) is 4. The number of methoxy groups -OCH3 is 2. The highest BCUT2D eigenvalue weighted by atomic mass is 16.5. The number of carbonyl (C=O) groups is 2. The number of nitrogens with zero attached hydrogens (tertiary/aromatic N) is 2. The molecular weight excluding hydrogens is 765 g/mol. The second-order valence-electron chi connectivity index (χ2n) is 18.6. The Morgan fingerprint density at radius 1 is 0.689 bits per heavy atom. The normalized spacial score (nSPS) is 28.2. The number of amides is 2. The molecule has 3 fully saturated rings. The Morgan fingerprint density at radius 3 is 1.93 bits per heavy atom. The molecule has 5 heterocycles. The molecule has 310 valence electrons. The average Bonchev–Trinajstić information content (AvgIpc) is 4.07. The highest BCUT2D eigenvalue weighted by Crippen LogP contribution is 2.63. The number of anilines is 2. The third-order valence-electron chi connectivity index (χ3n) is 16.0. The molecule has 2 aliphatic carbocycles. The van der Waals surface area contributed by atoms with Gasteiger partial charge < -0.3 is 39.8 Å². The van der Waals surface area contributed by atoms with Crippen molar-refractivity contribution in [3.05, 3.63) is 142 Å². The van der Waals surface area contributed by atoms with Crippen LogP contribution in [0.1, 0.15) is 92.1 Å². The maximum Gasteiger partial charge on any atom is 0.259 e. The number of nitrogens with two attached hydrogens (primary N) is 1. The molecule has 0 radical (unpaired) electrons. The van der Waals surface area contributed by atoms with E-state index in [0.29, 0.717) is 53.9 Å². The van der Waals surface area contributed by atoms with E-state index < -0.39 is 0 Å². The van der Waals surface area contributed by atoms with E-state index in [1.807, 2.05) is 53.4 Å². The summed E-state index contributed by atoms with van der Waals surface area (Å²) in [4.78, 5) is 33.2. The van der Waals surface area contributed by atoms with Crippen LogP contribution in [0.25, 0.3) is 0 Å². The Hall–Kier alpha value is -5.84. The molecule has 10 nitrogen and oxygen atoms in total. The Balaban J connectivity index is 0.811. The molecule has 3 N–H and O–H groups in total. The summed E-state index contributed by atoms with van der Waals surface area (Å²) in [5, 5.41) is 3.92. The van der Waals surface area contributed by atoms with Crippen LogP contribution >= 0.6 is 0 Å². The minimum Gasteiger partial charge on any atom is -0.493 e. The number of rotatable bonds is 9. The average molecular weight is 815 g/mol. The van der Waals surface area contributed by atoms with Gasteiger partial charge in [-0.15, -0.1) is 0 Å². The summed E-state index contributed by atoms with van der Waals surface area (Å²) in [7, 11) is 3.26. The number of hydrogen-bond donors (Lipinski definition) is 2. The predicted octanol–water partition coefficient (Wildman–Crippen LogP) is 7.82. The van der Waals surface area contributed by atoms with Gasteiger partial charge in [-0.1, -0.05) is 54.6 Å². The lowest BCUT2D eigenvalue weighted by molar-refractivity contribution is 0.0646. The van der Waals surface area contributed by atoms with Gasteiger partial charge in [-0.25, -0.2) is 0 Å². The van der Waals surface area contributed by atoms with E-state index in [0.717, 1.165) is 85.1 Å². The largest absolute Gasteiger partial charge is 0.493 e. The summed E-state index contributed by atoms with van der Waals surface area (Å²) in [6.45, 7) is 2.01. The molecule has 6 atom stereocenters.